The first-order chi connectivity index (χ1) is 13.1. The minimum atomic E-state index is -3.64. The summed E-state index contributed by atoms with van der Waals surface area (Å²) in [5.41, 5.74) is 1.95. The Balaban J connectivity index is 2.17. The summed E-state index contributed by atoms with van der Waals surface area (Å²) < 4.78 is 31.2. The van der Waals surface area contributed by atoms with Crippen molar-refractivity contribution in [1.29, 1.82) is 0 Å². The van der Waals surface area contributed by atoms with Crippen molar-refractivity contribution in [2.75, 3.05) is 29.0 Å². The van der Waals surface area contributed by atoms with E-state index in [-0.39, 0.29) is 13.2 Å². The number of nitrogens with zero attached hydrogens (tertiary/aromatic N) is 1. The van der Waals surface area contributed by atoms with E-state index in [4.69, 9.17) is 4.74 Å². The van der Waals surface area contributed by atoms with Crippen molar-refractivity contribution >= 4 is 55.9 Å². The number of carbonyl (C=O) groups excluding carboxylic acids is 2. The second kappa shape index (κ2) is 9.37. The molecule has 0 unspecified atom stereocenters. The Morgan fingerprint density at radius 2 is 1.79 bits per heavy atom. The zero-order valence-electron chi connectivity index (χ0n) is 15.7. The fourth-order valence-electron chi connectivity index (χ4n) is 2.47. The molecule has 0 aliphatic heterocycles. The van der Waals surface area contributed by atoms with E-state index in [2.05, 4.69) is 27.9 Å². The quantitative estimate of drug-likeness (QED) is 0.451. The molecule has 150 valence electrons. The summed E-state index contributed by atoms with van der Waals surface area (Å²) >= 11 is 2.12. The van der Waals surface area contributed by atoms with Crippen molar-refractivity contribution < 1.29 is 22.7 Å². The first-order valence-corrected chi connectivity index (χ1v) is 11.4. The molecule has 0 aliphatic carbocycles. The van der Waals surface area contributed by atoms with Gasteiger partial charge in [-0.15, -0.1) is 0 Å². The van der Waals surface area contributed by atoms with Crippen LogP contribution in [0.5, 0.6) is 0 Å². The average Bonchev–Trinajstić information content (AvgIpc) is 2.61. The van der Waals surface area contributed by atoms with E-state index >= 15 is 0 Å². The van der Waals surface area contributed by atoms with Crippen molar-refractivity contribution in [3.63, 3.8) is 0 Å². The summed E-state index contributed by atoms with van der Waals surface area (Å²) in [5, 5.41) is 2.69. The van der Waals surface area contributed by atoms with Gasteiger partial charge in [-0.3, -0.25) is 9.10 Å². The van der Waals surface area contributed by atoms with E-state index in [0.29, 0.717) is 22.5 Å². The number of hydrogen-bond donors (Lipinski definition) is 1. The summed E-state index contributed by atoms with van der Waals surface area (Å²) in [7, 11) is -3.64. The van der Waals surface area contributed by atoms with Crippen molar-refractivity contribution in [3.05, 3.63) is 57.2 Å². The SMILES string of the molecule is CCOC(=O)c1ccc(NC(=O)CN(c2ccc(I)cc2)S(C)(=O)=O)c(C)c1. The van der Waals surface area contributed by atoms with E-state index in [9.17, 15) is 18.0 Å². The second-order valence-corrected chi connectivity index (χ2v) is 9.20. The topological polar surface area (TPSA) is 92.8 Å². The third-order valence-corrected chi connectivity index (χ3v) is 5.67. The number of ether oxygens (including phenoxy) is 1. The van der Waals surface area contributed by atoms with Gasteiger partial charge in [0.2, 0.25) is 15.9 Å². The summed E-state index contributed by atoms with van der Waals surface area (Å²) in [5.74, 6) is -0.929. The van der Waals surface area contributed by atoms with Crippen LogP contribution in [0.4, 0.5) is 11.4 Å². The number of rotatable bonds is 7. The summed E-state index contributed by atoms with van der Waals surface area (Å²) in [6, 6.07) is 11.6. The molecule has 2 aromatic rings. The molecule has 1 N–H and O–H groups in total. The van der Waals surface area contributed by atoms with Gasteiger partial charge in [-0.1, -0.05) is 0 Å². The van der Waals surface area contributed by atoms with Crippen LogP contribution in [-0.4, -0.2) is 39.7 Å². The van der Waals surface area contributed by atoms with Gasteiger partial charge >= 0.3 is 5.97 Å². The van der Waals surface area contributed by atoms with E-state index < -0.39 is 21.9 Å². The molecule has 0 aromatic heterocycles. The molecule has 0 fully saturated rings. The molecule has 0 radical (unpaired) electrons. The zero-order valence-corrected chi connectivity index (χ0v) is 18.7. The maximum absolute atomic E-state index is 12.5. The molecule has 2 rings (SSSR count). The van der Waals surface area contributed by atoms with Gasteiger partial charge in [0.05, 0.1) is 24.1 Å². The van der Waals surface area contributed by atoms with Gasteiger partial charge in [0.15, 0.2) is 0 Å². The molecule has 28 heavy (non-hydrogen) atoms. The van der Waals surface area contributed by atoms with E-state index in [1.165, 1.54) is 0 Å². The molecule has 7 nitrogen and oxygen atoms in total. The summed E-state index contributed by atoms with van der Waals surface area (Å²) in [4.78, 5) is 24.3. The molecule has 2 aromatic carbocycles. The second-order valence-electron chi connectivity index (χ2n) is 6.04. The van der Waals surface area contributed by atoms with Gasteiger partial charge in [-0.05, 0) is 84.5 Å². The number of carbonyl (C=O) groups is 2. The molecule has 0 bridgehead atoms. The van der Waals surface area contributed by atoms with E-state index in [1.807, 2.05) is 0 Å². The lowest BCUT2D eigenvalue weighted by atomic mass is 10.1. The Hall–Kier alpha value is -2.14. The Morgan fingerprint density at radius 1 is 1.14 bits per heavy atom. The lowest BCUT2D eigenvalue weighted by Gasteiger charge is -2.22. The van der Waals surface area contributed by atoms with Crippen LogP contribution in [0.3, 0.4) is 0 Å². The summed E-state index contributed by atoms with van der Waals surface area (Å²) in [6.45, 7) is 3.38. The number of aryl methyl sites for hydroxylation is 1. The van der Waals surface area contributed by atoms with Gasteiger partial charge in [0.1, 0.15) is 6.54 Å². The predicted molar refractivity (Wildman–Crippen MR) is 117 cm³/mol. The number of benzene rings is 2. The molecule has 9 heteroatoms. The van der Waals surface area contributed by atoms with Gasteiger partial charge in [-0.25, -0.2) is 13.2 Å². The normalized spacial score (nSPS) is 11.0. The van der Waals surface area contributed by atoms with Crippen LogP contribution in [0.1, 0.15) is 22.8 Å². The summed E-state index contributed by atoms with van der Waals surface area (Å²) in [6.07, 6.45) is 1.05. The van der Waals surface area contributed by atoms with Crippen molar-refractivity contribution in [2.24, 2.45) is 0 Å². The maximum atomic E-state index is 12.5. The number of anilines is 2. The predicted octanol–water partition coefficient (Wildman–Crippen LogP) is 3.18. The van der Waals surface area contributed by atoms with Gasteiger partial charge < -0.3 is 10.1 Å². The van der Waals surface area contributed by atoms with Crippen molar-refractivity contribution in [2.45, 2.75) is 13.8 Å². The number of amides is 1. The third-order valence-electron chi connectivity index (χ3n) is 3.81. The minimum absolute atomic E-state index is 0.274. The Labute approximate surface area is 178 Å². The first-order valence-electron chi connectivity index (χ1n) is 8.42. The maximum Gasteiger partial charge on any atom is 0.338 e. The van der Waals surface area contributed by atoms with Crippen molar-refractivity contribution in [1.82, 2.24) is 0 Å². The third kappa shape index (κ3) is 5.93. The number of hydrogen-bond acceptors (Lipinski definition) is 5. The standard InChI is InChI=1S/C19H21IN2O5S/c1-4-27-19(24)14-5-10-17(13(2)11-14)21-18(23)12-22(28(3,25)26)16-8-6-15(20)7-9-16/h5-11H,4,12H2,1-3H3,(H,21,23). The highest BCUT2D eigenvalue weighted by atomic mass is 127. The van der Waals surface area contributed by atoms with Crippen LogP contribution < -0.4 is 9.62 Å². The number of nitrogens with one attached hydrogen (secondary N) is 1. The smallest absolute Gasteiger partial charge is 0.338 e. The molecule has 0 saturated carbocycles. The number of sulfonamides is 1. The lowest BCUT2D eigenvalue weighted by molar-refractivity contribution is -0.114. The van der Waals surface area contributed by atoms with E-state index in [0.717, 1.165) is 14.1 Å². The van der Waals surface area contributed by atoms with Crippen molar-refractivity contribution in [3.8, 4) is 0 Å². The fourth-order valence-corrected chi connectivity index (χ4v) is 3.69. The highest BCUT2D eigenvalue weighted by Crippen LogP contribution is 2.21. The average molecular weight is 516 g/mol. The Bertz CT molecular complexity index is 974. The molecule has 0 heterocycles. The number of halogens is 1. The van der Waals surface area contributed by atoms with E-state index in [1.54, 1.807) is 56.3 Å². The van der Waals surface area contributed by atoms with Crippen LogP contribution in [-0.2, 0) is 19.6 Å². The van der Waals surface area contributed by atoms with Gasteiger partial charge in [-0.2, -0.15) is 0 Å². The van der Waals surface area contributed by atoms with Crippen LogP contribution in [0.25, 0.3) is 0 Å². The van der Waals surface area contributed by atoms with Crippen LogP contribution in [0.15, 0.2) is 42.5 Å². The highest BCUT2D eigenvalue weighted by Gasteiger charge is 2.21. The molecular formula is C19H21IN2O5S. The molecule has 0 aliphatic rings. The first kappa shape index (κ1) is 22.2. The lowest BCUT2D eigenvalue weighted by Crippen LogP contribution is -2.37. The largest absolute Gasteiger partial charge is 0.462 e. The van der Waals surface area contributed by atoms with Crippen LogP contribution >= 0.6 is 22.6 Å². The molecule has 1 amide bonds. The monoisotopic (exact) mass is 516 g/mol. The highest BCUT2D eigenvalue weighted by molar-refractivity contribution is 14.1. The van der Waals surface area contributed by atoms with Crippen LogP contribution in [0, 0.1) is 10.5 Å². The van der Waals surface area contributed by atoms with Crippen LogP contribution in [0.2, 0.25) is 0 Å². The molecule has 0 atom stereocenters. The molecular weight excluding hydrogens is 495 g/mol. The Morgan fingerprint density at radius 3 is 2.32 bits per heavy atom. The Kier molecular flexibility index (Phi) is 7.41. The zero-order chi connectivity index (χ0) is 20.9. The fraction of sp³-hybridized carbons (Fsp3) is 0.263. The van der Waals surface area contributed by atoms with Gasteiger partial charge in [0, 0.05) is 9.26 Å². The molecule has 0 spiro atoms. The molecule has 0 saturated heterocycles. The van der Waals surface area contributed by atoms with Gasteiger partial charge in [0.25, 0.3) is 0 Å². The number of esters is 1. The minimum Gasteiger partial charge on any atom is -0.462 e.